The van der Waals surface area contributed by atoms with Crippen LogP contribution in [0.5, 0.6) is 0 Å². The molecule has 0 aliphatic carbocycles. The lowest BCUT2D eigenvalue weighted by Gasteiger charge is -1.81. The highest BCUT2D eigenvalue weighted by Gasteiger charge is 1.71. The molecular formula is C8H16. The SMILES string of the molecule is C=C.C=CCCCC. The van der Waals surface area contributed by atoms with E-state index in [0.29, 0.717) is 0 Å². The predicted molar refractivity (Wildman–Crippen MR) is 41.0 cm³/mol. The van der Waals surface area contributed by atoms with Gasteiger partial charge in [0.1, 0.15) is 0 Å². The van der Waals surface area contributed by atoms with Crippen molar-refractivity contribution >= 4 is 0 Å². The normalized spacial score (nSPS) is 6.62. The lowest BCUT2D eigenvalue weighted by molar-refractivity contribution is 0.816. The lowest BCUT2D eigenvalue weighted by atomic mass is 10.3. The van der Waals surface area contributed by atoms with Crippen LogP contribution in [0, 0.1) is 0 Å². The van der Waals surface area contributed by atoms with Gasteiger partial charge in [0, 0.05) is 0 Å². The fourth-order valence-electron chi connectivity index (χ4n) is 0.348. The Morgan fingerprint density at radius 1 is 1.38 bits per heavy atom. The number of hydrogen-bond acceptors (Lipinski definition) is 0. The van der Waals surface area contributed by atoms with Crippen LogP contribution in [0.2, 0.25) is 0 Å². The highest BCUT2D eigenvalue weighted by molar-refractivity contribution is 4.64. The highest BCUT2D eigenvalue weighted by Crippen LogP contribution is 1.91. The van der Waals surface area contributed by atoms with Crippen molar-refractivity contribution in [3.63, 3.8) is 0 Å². The van der Waals surface area contributed by atoms with E-state index in [1.54, 1.807) is 0 Å². The van der Waals surface area contributed by atoms with Crippen molar-refractivity contribution in [2.75, 3.05) is 0 Å². The van der Waals surface area contributed by atoms with Crippen LogP contribution < -0.4 is 0 Å². The molecule has 0 spiro atoms. The smallest absolute Gasteiger partial charge is 0.0354 e. The molecule has 0 aromatic rings. The molecule has 8 heavy (non-hydrogen) atoms. The molecule has 0 heteroatoms. The fourth-order valence-corrected chi connectivity index (χ4v) is 0.348. The highest BCUT2D eigenvalue weighted by atomic mass is 13.8. The Morgan fingerprint density at radius 3 is 2.00 bits per heavy atom. The molecule has 48 valence electrons. The van der Waals surface area contributed by atoms with Crippen LogP contribution in [0.4, 0.5) is 0 Å². The van der Waals surface area contributed by atoms with Gasteiger partial charge < -0.3 is 0 Å². The molecule has 0 nitrogen and oxygen atoms in total. The zero-order valence-electron chi connectivity index (χ0n) is 5.82. The molecule has 0 radical (unpaired) electrons. The van der Waals surface area contributed by atoms with Gasteiger partial charge in [0.2, 0.25) is 0 Å². The van der Waals surface area contributed by atoms with E-state index in [4.69, 9.17) is 0 Å². The van der Waals surface area contributed by atoms with Crippen LogP contribution in [0.15, 0.2) is 25.8 Å². The molecule has 0 saturated carbocycles. The molecule has 0 heterocycles. The van der Waals surface area contributed by atoms with E-state index in [-0.39, 0.29) is 0 Å². The van der Waals surface area contributed by atoms with Crippen LogP contribution >= 0.6 is 0 Å². The quantitative estimate of drug-likeness (QED) is 0.388. The summed E-state index contributed by atoms with van der Waals surface area (Å²) in [7, 11) is 0. The second kappa shape index (κ2) is 16.1. The molecule has 0 atom stereocenters. The molecule has 0 bridgehead atoms. The average Bonchev–Trinajstić information content (AvgIpc) is 1.88. The Labute approximate surface area is 52.9 Å². The summed E-state index contributed by atoms with van der Waals surface area (Å²) in [6.07, 6.45) is 5.72. The molecule has 0 amide bonds. The first-order valence-corrected chi connectivity index (χ1v) is 3.02. The predicted octanol–water partition coefficient (Wildman–Crippen LogP) is 3.16. The Balaban J connectivity index is 0. The number of hydrogen-bond donors (Lipinski definition) is 0. The summed E-state index contributed by atoms with van der Waals surface area (Å²) in [5.74, 6) is 0. The first-order valence-electron chi connectivity index (χ1n) is 3.02. The lowest BCUT2D eigenvalue weighted by Crippen LogP contribution is -1.61. The van der Waals surface area contributed by atoms with Crippen LogP contribution in [-0.2, 0) is 0 Å². The van der Waals surface area contributed by atoms with Gasteiger partial charge in [-0.1, -0.05) is 25.8 Å². The van der Waals surface area contributed by atoms with E-state index in [2.05, 4.69) is 26.7 Å². The second-order valence-corrected chi connectivity index (χ2v) is 1.43. The molecule has 0 N–H and O–H groups in total. The molecule has 0 aliphatic heterocycles. The zero-order valence-corrected chi connectivity index (χ0v) is 5.82. The maximum Gasteiger partial charge on any atom is -0.0354 e. The summed E-state index contributed by atoms with van der Waals surface area (Å²) in [4.78, 5) is 0. The van der Waals surface area contributed by atoms with E-state index >= 15 is 0 Å². The van der Waals surface area contributed by atoms with Gasteiger partial charge in [-0.2, -0.15) is 0 Å². The summed E-state index contributed by atoms with van der Waals surface area (Å²) in [5.41, 5.74) is 0. The van der Waals surface area contributed by atoms with E-state index in [0.717, 1.165) is 0 Å². The van der Waals surface area contributed by atoms with Crippen molar-refractivity contribution in [1.29, 1.82) is 0 Å². The monoisotopic (exact) mass is 112 g/mol. The third kappa shape index (κ3) is 17.9. The van der Waals surface area contributed by atoms with Gasteiger partial charge in [-0.3, -0.25) is 0 Å². The van der Waals surface area contributed by atoms with Crippen LogP contribution in [0.25, 0.3) is 0 Å². The fraction of sp³-hybridized carbons (Fsp3) is 0.500. The summed E-state index contributed by atoms with van der Waals surface area (Å²) < 4.78 is 0. The van der Waals surface area contributed by atoms with Gasteiger partial charge in [0.25, 0.3) is 0 Å². The molecule has 0 fully saturated rings. The van der Waals surface area contributed by atoms with Crippen molar-refractivity contribution in [3.05, 3.63) is 25.8 Å². The van der Waals surface area contributed by atoms with Gasteiger partial charge in [-0.15, -0.1) is 19.7 Å². The molecular weight excluding hydrogens is 96.1 g/mol. The van der Waals surface area contributed by atoms with Gasteiger partial charge in [-0.05, 0) is 6.42 Å². The minimum Gasteiger partial charge on any atom is -0.106 e. The van der Waals surface area contributed by atoms with Gasteiger partial charge in [0.05, 0.1) is 0 Å². The van der Waals surface area contributed by atoms with Crippen molar-refractivity contribution < 1.29 is 0 Å². The summed E-state index contributed by atoms with van der Waals surface area (Å²) >= 11 is 0. The average molecular weight is 112 g/mol. The Hall–Kier alpha value is -0.520. The Bertz CT molecular complexity index is 37.3. The standard InChI is InChI=1S/C6H12.C2H4/c1-3-5-6-4-2;1-2/h3H,1,4-6H2,2H3;1-2H2. The van der Waals surface area contributed by atoms with Crippen LogP contribution in [-0.4, -0.2) is 0 Å². The van der Waals surface area contributed by atoms with E-state index in [1.165, 1.54) is 19.3 Å². The largest absolute Gasteiger partial charge is 0.106 e. The van der Waals surface area contributed by atoms with Gasteiger partial charge >= 0.3 is 0 Å². The van der Waals surface area contributed by atoms with Gasteiger partial charge in [0.15, 0.2) is 0 Å². The first-order chi connectivity index (χ1) is 3.91. The maximum absolute atomic E-state index is 3.60. The first kappa shape index (κ1) is 10.5. The number of rotatable bonds is 3. The third-order valence-electron chi connectivity index (χ3n) is 0.762. The number of unbranched alkanes of at least 4 members (excludes halogenated alkanes) is 2. The Kier molecular flexibility index (Phi) is 21.0. The van der Waals surface area contributed by atoms with E-state index < -0.39 is 0 Å². The molecule has 0 aliphatic rings. The molecule has 0 aromatic heterocycles. The third-order valence-corrected chi connectivity index (χ3v) is 0.762. The van der Waals surface area contributed by atoms with Gasteiger partial charge in [-0.25, -0.2) is 0 Å². The van der Waals surface area contributed by atoms with E-state index in [9.17, 15) is 0 Å². The summed E-state index contributed by atoms with van der Waals surface area (Å²) in [6.45, 7) is 11.8. The zero-order chi connectivity index (χ0) is 6.83. The summed E-state index contributed by atoms with van der Waals surface area (Å²) in [5, 5.41) is 0. The van der Waals surface area contributed by atoms with Crippen molar-refractivity contribution in [1.82, 2.24) is 0 Å². The van der Waals surface area contributed by atoms with Crippen molar-refractivity contribution in [2.24, 2.45) is 0 Å². The number of allylic oxidation sites excluding steroid dienone is 1. The Morgan fingerprint density at radius 2 is 1.88 bits per heavy atom. The molecule has 0 aromatic carbocycles. The van der Waals surface area contributed by atoms with Crippen molar-refractivity contribution in [2.45, 2.75) is 26.2 Å². The minimum absolute atomic E-state index is 1.18. The summed E-state index contributed by atoms with van der Waals surface area (Å²) in [6, 6.07) is 0. The van der Waals surface area contributed by atoms with Crippen LogP contribution in [0.1, 0.15) is 26.2 Å². The van der Waals surface area contributed by atoms with Crippen molar-refractivity contribution in [3.8, 4) is 0 Å². The molecule has 0 unspecified atom stereocenters. The molecule has 0 rings (SSSR count). The molecule has 0 saturated heterocycles. The van der Waals surface area contributed by atoms with Crippen LogP contribution in [0.3, 0.4) is 0 Å². The second-order valence-electron chi connectivity index (χ2n) is 1.43. The topological polar surface area (TPSA) is 0 Å². The maximum atomic E-state index is 3.60. The van der Waals surface area contributed by atoms with E-state index in [1.807, 2.05) is 6.08 Å². The minimum atomic E-state index is 1.18.